The van der Waals surface area contributed by atoms with Crippen molar-refractivity contribution in [2.24, 2.45) is 0 Å². The first-order chi connectivity index (χ1) is 10.9. The van der Waals surface area contributed by atoms with Crippen molar-refractivity contribution < 1.29 is 13.2 Å². The fraction of sp³-hybridized carbons (Fsp3) is 0.267. The van der Waals surface area contributed by atoms with Crippen LogP contribution in [0.3, 0.4) is 0 Å². The van der Waals surface area contributed by atoms with Crippen LogP contribution in [0.4, 0.5) is 0 Å². The summed E-state index contributed by atoms with van der Waals surface area (Å²) in [4.78, 5) is 14.8. The van der Waals surface area contributed by atoms with Gasteiger partial charge in [-0.15, -0.1) is 11.3 Å². The minimum atomic E-state index is -3.57. The molecule has 2 rings (SSSR count). The highest BCUT2D eigenvalue weighted by Crippen LogP contribution is 2.22. The van der Waals surface area contributed by atoms with Gasteiger partial charge in [0.1, 0.15) is 0 Å². The quantitative estimate of drug-likeness (QED) is 0.812. The largest absolute Gasteiger partial charge is 0.341 e. The van der Waals surface area contributed by atoms with Crippen molar-refractivity contribution in [3.63, 3.8) is 0 Å². The molecule has 0 saturated heterocycles. The number of carbonyl (C=O) groups is 1. The number of nitrogens with one attached hydrogen (secondary N) is 1. The summed E-state index contributed by atoms with van der Waals surface area (Å²) in [5, 5.41) is 0. The standard InChI is InChI=1S/C15H17ClN2O3S2/c1-18(11-12-7-8-14(16)22-12)15(19)9-10-17-23(20,21)13-5-3-2-4-6-13/h2-8,17H,9-11H2,1H3. The number of hydrogen-bond acceptors (Lipinski definition) is 4. The lowest BCUT2D eigenvalue weighted by Crippen LogP contribution is -2.31. The highest BCUT2D eigenvalue weighted by Gasteiger charge is 2.15. The van der Waals surface area contributed by atoms with Crippen LogP contribution in [-0.4, -0.2) is 32.8 Å². The summed E-state index contributed by atoms with van der Waals surface area (Å²) >= 11 is 7.27. The molecule has 0 aliphatic heterocycles. The van der Waals surface area contributed by atoms with E-state index in [1.165, 1.54) is 23.5 Å². The second-order valence-electron chi connectivity index (χ2n) is 4.92. The van der Waals surface area contributed by atoms with Gasteiger partial charge in [-0.1, -0.05) is 29.8 Å². The number of amides is 1. The molecule has 0 unspecified atom stereocenters. The third-order valence-corrected chi connectivity index (χ3v) is 5.82. The lowest BCUT2D eigenvalue weighted by atomic mass is 10.3. The average molecular weight is 373 g/mol. The number of nitrogens with zero attached hydrogens (tertiary/aromatic N) is 1. The van der Waals surface area contributed by atoms with E-state index in [4.69, 9.17) is 11.6 Å². The molecular weight excluding hydrogens is 356 g/mol. The summed E-state index contributed by atoms with van der Waals surface area (Å²) in [6.07, 6.45) is 0.0989. The molecule has 23 heavy (non-hydrogen) atoms. The van der Waals surface area contributed by atoms with Gasteiger partial charge in [-0.3, -0.25) is 4.79 Å². The van der Waals surface area contributed by atoms with Crippen molar-refractivity contribution in [3.8, 4) is 0 Å². The third-order valence-electron chi connectivity index (χ3n) is 3.13. The molecule has 0 fully saturated rings. The minimum Gasteiger partial charge on any atom is -0.341 e. The van der Waals surface area contributed by atoms with Crippen molar-refractivity contribution >= 4 is 38.9 Å². The number of carbonyl (C=O) groups excluding carboxylic acids is 1. The summed E-state index contributed by atoms with van der Waals surface area (Å²) in [6.45, 7) is 0.521. The van der Waals surface area contributed by atoms with E-state index < -0.39 is 10.0 Å². The summed E-state index contributed by atoms with van der Waals surface area (Å²) in [5.74, 6) is -0.134. The highest BCUT2D eigenvalue weighted by molar-refractivity contribution is 7.89. The highest BCUT2D eigenvalue weighted by atomic mass is 35.5. The molecule has 0 atom stereocenters. The van der Waals surface area contributed by atoms with E-state index in [-0.39, 0.29) is 23.8 Å². The lowest BCUT2D eigenvalue weighted by molar-refractivity contribution is -0.130. The number of hydrogen-bond donors (Lipinski definition) is 1. The average Bonchev–Trinajstić information content (AvgIpc) is 2.93. The van der Waals surface area contributed by atoms with Crippen LogP contribution in [0.15, 0.2) is 47.4 Å². The molecule has 0 aliphatic carbocycles. The predicted octanol–water partition coefficient (Wildman–Crippen LogP) is 2.73. The zero-order chi connectivity index (χ0) is 16.9. The first-order valence-corrected chi connectivity index (χ1v) is 9.59. The molecule has 124 valence electrons. The van der Waals surface area contributed by atoms with Crippen LogP contribution in [0.2, 0.25) is 4.34 Å². The summed E-state index contributed by atoms with van der Waals surface area (Å²) in [6, 6.07) is 11.7. The van der Waals surface area contributed by atoms with Crippen LogP contribution < -0.4 is 4.72 Å². The van der Waals surface area contributed by atoms with Crippen molar-refractivity contribution in [2.75, 3.05) is 13.6 Å². The van der Waals surface area contributed by atoms with Crippen LogP contribution in [0.5, 0.6) is 0 Å². The molecule has 1 N–H and O–H groups in total. The second kappa shape index (κ2) is 7.92. The SMILES string of the molecule is CN(Cc1ccc(Cl)s1)C(=O)CCNS(=O)(=O)c1ccccc1. The maximum Gasteiger partial charge on any atom is 0.240 e. The Kier molecular flexibility index (Phi) is 6.17. The number of rotatable bonds is 7. The predicted molar refractivity (Wildman–Crippen MR) is 92.1 cm³/mol. The van der Waals surface area contributed by atoms with Gasteiger partial charge in [0.25, 0.3) is 0 Å². The second-order valence-corrected chi connectivity index (χ2v) is 8.48. The van der Waals surface area contributed by atoms with Gasteiger partial charge in [-0.25, -0.2) is 13.1 Å². The Labute approximate surface area is 144 Å². The fourth-order valence-corrected chi connectivity index (χ4v) is 4.12. The Bertz CT molecular complexity index is 760. The fourth-order valence-electron chi connectivity index (χ4n) is 1.92. The number of sulfonamides is 1. The van der Waals surface area contributed by atoms with Crippen molar-refractivity contribution in [2.45, 2.75) is 17.9 Å². The summed E-state index contributed by atoms with van der Waals surface area (Å²) in [5.41, 5.74) is 0. The van der Waals surface area contributed by atoms with E-state index in [0.29, 0.717) is 10.9 Å². The molecule has 0 radical (unpaired) electrons. The smallest absolute Gasteiger partial charge is 0.240 e. The van der Waals surface area contributed by atoms with E-state index in [9.17, 15) is 13.2 Å². The van der Waals surface area contributed by atoms with E-state index in [1.807, 2.05) is 6.07 Å². The maximum absolute atomic E-state index is 12.0. The maximum atomic E-state index is 12.0. The minimum absolute atomic E-state index is 0.0611. The van der Waals surface area contributed by atoms with Gasteiger partial charge in [0, 0.05) is 24.9 Å². The molecule has 1 aromatic carbocycles. The molecule has 0 aliphatic rings. The zero-order valence-electron chi connectivity index (χ0n) is 12.5. The molecule has 0 bridgehead atoms. The van der Waals surface area contributed by atoms with Crippen LogP contribution >= 0.6 is 22.9 Å². The van der Waals surface area contributed by atoms with E-state index in [0.717, 1.165) is 4.88 Å². The van der Waals surface area contributed by atoms with Crippen LogP contribution in [-0.2, 0) is 21.4 Å². The first kappa shape index (κ1) is 17.9. The van der Waals surface area contributed by atoms with Gasteiger partial charge in [0.15, 0.2) is 0 Å². The van der Waals surface area contributed by atoms with Crippen molar-refractivity contribution in [1.82, 2.24) is 9.62 Å². The third kappa shape index (κ3) is 5.31. The van der Waals surface area contributed by atoms with Crippen LogP contribution in [0.1, 0.15) is 11.3 Å². The Hall–Kier alpha value is -1.41. The first-order valence-electron chi connectivity index (χ1n) is 6.91. The van der Waals surface area contributed by atoms with Gasteiger partial charge in [-0.05, 0) is 24.3 Å². The molecule has 1 heterocycles. The van der Waals surface area contributed by atoms with Gasteiger partial charge < -0.3 is 4.90 Å². The van der Waals surface area contributed by atoms with E-state index >= 15 is 0 Å². The van der Waals surface area contributed by atoms with Gasteiger partial charge >= 0.3 is 0 Å². The number of halogens is 1. The normalized spacial score (nSPS) is 11.4. The van der Waals surface area contributed by atoms with Crippen molar-refractivity contribution in [3.05, 3.63) is 51.7 Å². The Balaban J connectivity index is 1.82. The van der Waals surface area contributed by atoms with Gasteiger partial charge in [-0.2, -0.15) is 0 Å². The van der Waals surface area contributed by atoms with Gasteiger partial charge in [0.05, 0.1) is 15.8 Å². The van der Waals surface area contributed by atoms with Crippen molar-refractivity contribution in [1.29, 1.82) is 0 Å². The van der Waals surface area contributed by atoms with E-state index in [1.54, 1.807) is 36.2 Å². The molecule has 1 aromatic heterocycles. The Morgan fingerprint density at radius 3 is 2.52 bits per heavy atom. The molecule has 0 saturated carbocycles. The molecular formula is C15H17ClN2O3S2. The van der Waals surface area contributed by atoms with Gasteiger partial charge in [0.2, 0.25) is 15.9 Å². The summed E-state index contributed by atoms with van der Waals surface area (Å²) < 4.78 is 27.2. The summed E-state index contributed by atoms with van der Waals surface area (Å²) in [7, 11) is -1.89. The Morgan fingerprint density at radius 2 is 1.91 bits per heavy atom. The molecule has 0 spiro atoms. The van der Waals surface area contributed by atoms with Crippen LogP contribution in [0, 0.1) is 0 Å². The number of thiophene rings is 1. The molecule has 1 amide bonds. The van der Waals surface area contributed by atoms with Crippen LogP contribution in [0.25, 0.3) is 0 Å². The number of benzene rings is 1. The Morgan fingerprint density at radius 1 is 1.22 bits per heavy atom. The zero-order valence-corrected chi connectivity index (χ0v) is 14.9. The monoisotopic (exact) mass is 372 g/mol. The molecule has 8 heteroatoms. The molecule has 5 nitrogen and oxygen atoms in total. The molecule has 2 aromatic rings. The van der Waals surface area contributed by atoms with E-state index in [2.05, 4.69) is 4.72 Å². The topological polar surface area (TPSA) is 66.5 Å². The lowest BCUT2D eigenvalue weighted by Gasteiger charge is -2.16.